The lowest BCUT2D eigenvalue weighted by atomic mass is 9.85. The molecule has 1 heterocycles. The molecule has 1 aliphatic rings. The first-order valence-electron chi connectivity index (χ1n) is 5.45. The Labute approximate surface area is 102 Å². The first-order chi connectivity index (χ1) is 8.24. The second-order valence-electron chi connectivity index (χ2n) is 4.43. The molecule has 106 valence electrons. The van der Waals surface area contributed by atoms with Crippen LogP contribution < -0.4 is 0 Å². The van der Waals surface area contributed by atoms with E-state index in [0.717, 1.165) is 0 Å². The van der Waals surface area contributed by atoms with E-state index in [-0.39, 0.29) is 6.42 Å². The maximum atomic E-state index is 13.8. The van der Waals surface area contributed by atoms with Crippen molar-refractivity contribution in [2.24, 2.45) is 5.92 Å². The zero-order valence-electron chi connectivity index (χ0n) is 9.66. The number of aliphatic hydroxyl groups excluding tert-OH is 3. The van der Waals surface area contributed by atoms with Gasteiger partial charge in [0.25, 0.3) is 0 Å². The lowest BCUT2D eigenvalue weighted by molar-refractivity contribution is -0.285. The van der Waals surface area contributed by atoms with Crippen LogP contribution in [0.2, 0.25) is 0 Å². The highest BCUT2D eigenvalue weighted by molar-refractivity contribution is 5.76. The van der Waals surface area contributed by atoms with Crippen LogP contribution in [-0.2, 0) is 9.53 Å². The van der Waals surface area contributed by atoms with E-state index in [2.05, 4.69) is 4.74 Å². The van der Waals surface area contributed by atoms with Crippen LogP contribution in [0.3, 0.4) is 0 Å². The molecular weight excluding hydrogens is 254 g/mol. The average molecular weight is 270 g/mol. The Morgan fingerprint density at radius 1 is 1.56 bits per heavy atom. The van der Waals surface area contributed by atoms with Gasteiger partial charge >= 0.3 is 11.8 Å². The van der Waals surface area contributed by atoms with Crippen LogP contribution in [0.25, 0.3) is 0 Å². The zero-order chi connectivity index (χ0) is 14.1. The van der Waals surface area contributed by atoms with E-state index in [4.69, 9.17) is 10.2 Å². The second kappa shape index (κ2) is 5.43. The van der Waals surface area contributed by atoms with Gasteiger partial charge in [0.15, 0.2) is 6.17 Å². The van der Waals surface area contributed by atoms with E-state index in [0.29, 0.717) is 0 Å². The number of alkyl halides is 2. The van der Waals surface area contributed by atoms with Gasteiger partial charge in [-0.05, 0) is 0 Å². The first-order valence-corrected chi connectivity index (χ1v) is 5.45. The van der Waals surface area contributed by atoms with Crippen molar-refractivity contribution in [3.8, 4) is 0 Å². The zero-order valence-corrected chi connectivity index (χ0v) is 9.66. The number of carboxylic acids is 1. The molecule has 0 amide bonds. The van der Waals surface area contributed by atoms with Crippen LogP contribution >= 0.6 is 0 Å². The fraction of sp³-hybridized carbons (Fsp3) is 0.900. The molecule has 0 aromatic rings. The summed E-state index contributed by atoms with van der Waals surface area (Å²) in [6, 6.07) is 0. The molecule has 0 aliphatic carbocycles. The molecule has 6 nitrogen and oxygen atoms in total. The SMILES string of the molecule is CC1C(C[C@H](O)CO)O[C@@](F)(C(=O)O)C(F)C1O. The molecule has 0 spiro atoms. The summed E-state index contributed by atoms with van der Waals surface area (Å²) in [7, 11) is 0. The van der Waals surface area contributed by atoms with Crippen LogP contribution in [0.5, 0.6) is 0 Å². The van der Waals surface area contributed by atoms with Gasteiger partial charge in [0.05, 0.1) is 24.9 Å². The molecule has 8 heteroatoms. The Bertz CT molecular complexity index is 315. The number of aliphatic carboxylic acids is 1. The smallest absolute Gasteiger partial charge is 0.372 e. The van der Waals surface area contributed by atoms with Crippen LogP contribution in [0.15, 0.2) is 0 Å². The van der Waals surface area contributed by atoms with Crippen LogP contribution in [-0.4, -0.2) is 63.3 Å². The Morgan fingerprint density at radius 3 is 2.56 bits per heavy atom. The number of rotatable bonds is 4. The summed E-state index contributed by atoms with van der Waals surface area (Å²) < 4.78 is 31.8. The molecular formula is C10H16F2O6. The van der Waals surface area contributed by atoms with Gasteiger partial charge in [0.1, 0.15) is 0 Å². The van der Waals surface area contributed by atoms with E-state index < -0.39 is 48.8 Å². The maximum Gasteiger partial charge on any atom is 0.372 e. The molecule has 18 heavy (non-hydrogen) atoms. The minimum absolute atomic E-state index is 0.305. The summed E-state index contributed by atoms with van der Waals surface area (Å²) in [6.07, 6.45) is -7.36. The highest BCUT2D eigenvalue weighted by Crippen LogP contribution is 2.38. The Morgan fingerprint density at radius 2 is 2.11 bits per heavy atom. The predicted octanol–water partition coefficient (Wildman–Crippen LogP) is -0.786. The number of hydrogen-bond donors (Lipinski definition) is 4. The van der Waals surface area contributed by atoms with Crippen molar-refractivity contribution in [2.75, 3.05) is 6.61 Å². The Hall–Kier alpha value is -0.830. The van der Waals surface area contributed by atoms with Crippen molar-refractivity contribution in [3.63, 3.8) is 0 Å². The third-order valence-electron chi connectivity index (χ3n) is 3.11. The van der Waals surface area contributed by atoms with Crippen molar-refractivity contribution in [2.45, 2.75) is 43.7 Å². The van der Waals surface area contributed by atoms with Gasteiger partial charge in [-0.15, -0.1) is 0 Å². The van der Waals surface area contributed by atoms with Crippen molar-refractivity contribution < 1.29 is 38.7 Å². The predicted molar refractivity (Wildman–Crippen MR) is 54.1 cm³/mol. The monoisotopic (exact) mass is 270 g/mol. The van der Waals surface area contributed by atoms with Gasteiger partial charge in [-0.3, -0.25) is 0 Å². The molecule has 1 saturated heterocycles. The minimum Gasteiger partial charge on any atom is -0.477 e. The van der Waals surface area contributed by atoms with Gasteiger partial charge in [-0.1, -0.05) is 6.92 Å². The fourth-order valence-electron chi connectivity index (χ4n) is 1.87. The number of hydrogen-bond acceptors (Lipinski definition) is 5. The summed E-state index contributed by atoms with van der Waals surface area (Å²) in [6.45, 7) is 0.710. The van der Waals surface area contributed by atoms with Gasteiger partial charge in [0, 0.05) is 12.3 Å². The molecule has 0 radical (unpaired) electrons. The molecule has 4 N–H and O–H groups in total. The standard InChI is InChI=1S/C10H16F2O6/c1-4-6(2-5(14)3-13)18-10(12,9(16)17)8(11)7(4)15/h4-8,13-15H,2-3H2,1H3,(H,16,17)/t4?,5-,6?,7?,8?,10+/m0/s1. The molecule has 0 saturated carbocycles. The van der Waals surface area contributed by atoms with Gasteiger partial charge in [-0.2, -0.15) is 4.39 Å². The van der Waals surface area contributed by atoms with Crippen LogP contribution in [0.1, 0.15) is 13.3 Å². The number of carbonyl (C=O) groups is 1. The molecule has 1 aliphatic heterocycles. The lowest BCUT2D eigenvalue weighted by Crippen LogP contribution is -2.61. The van der Waals surface area contributed by atoms with Crippen LogP contribution in [0, 0.1) is 5.92 Å². The average Bonchev–Trinajstić information content (AvgIpc) is 2.32. The summed E-state index contributed by atoms with van der Waals surface area (Å²) in [5, 5.41) is 36.0. The first kappa shape index (κ1) is 15.2. The van der Waals surface area contributed by atoms with Gasteiger partial charge in [-0.25, -0.2) is 9.18 Å². The molecule has 1 fully saturated rings. The topological polar surface area (TPSA) is 107 Å². The molecule has 4 unspecified atom stereocenters. The quantitative estimate of drug-likeness (QED) is 0.533. The second-order valence-corrected chi connectivity index (χ2v) is 4.43. The largest absolute Gasteiger partial charge is 0.477 e. The minimum atomic E-state index is -3.65. The van der Waals surface area contributed by atoms with E-state index in [9.17, 15) is 23.8 Å². The molecule has 0 aromatic carbocycles. The van der Waals surface area contributed by atoms with Crippen molar-refractivity contribution in [1.82, 2.24) is 0 Å². The van der Waals surface area contributed by atoms with Crippen molar-refractivity contribution >= 4 is 5.97 Å². The summed E-state index contributed by atoms with van der Waals surface area (Å²) in [5.74, 6) is -6.74. The third-order valence-corrected chi connectivity index (χ3v) is 3.11. The summed E-state index contributed by atoms with van der Waals surface area (Å²) in [4.78, 5) is 10.7. The highest BCUT2D eigenvalue weighted by atomic mass is 19.2. The lowest BCUT2D eigenvalue weighted by Gasteiger charge is -2.42. The van der Waals surface area contributed by atoms with E-state index in [1.165, 1.54) is 6.92 Å². The molecule has 1 rings (SSSR count). The normalized spacial score (nSPS) is 42.6. The fourth-order valence-corrected chi connectivity index (χ4v) is 1.87. The van der Waals surface area contributed by atoms with Gasteiger partial charge in [0.2, 0.25) is 0 Å². The number of aliphatic hydroxyl groups is 3. The number of halogens is 2. The van der Waals surface area contributed by atoms with E-state index >= 15 is 0 Å². The van der Waals surface area contributed by atoms with Crippen molar-refractivity contribution in [1.29, 1.82) is 0 Å². The van der Waals surface area contributed by atoms with Crippen LogP contribution in [0.4, 0.5) is 8.78 Å². The summed E-state index contributed by atoms with van der Waals surface area (Å²) >= 11 is 0. The Balaban J connectivity index is 2.91. The maximum absolute atomic E-state index is 13.8. The van der Waals surface area contributed by atoms with E-state index in [1.54, 1.807) is 0 Å². The van der Waals surface area contributed by atoms with Crippen molar-refractivity contribution in [3.05, 3.63) is 0 Å². The molecule has 0 bridgehead atoms. The summed E-state index contributed by atoms with van der Waals surface area (Å²) in [5.41, 5.74) is 0. The van der Waals surface area contributed by atoms with E-state index in [1.807, 2.05) is 0 Å². The molecule has 0 aromatic heterocycles. The number of carboxylic acid groups (broad SMARTS) is 1. The third kappa shape index (κ3) is 2.61. The van der Waals surface area contributed by atoms with Gasteiger partial charge < -0.3 is 25.2 Å². The Kier molecular flexibility index (Phi) is 4.60. The molecule has 6 atom stereocenters. The number of ether oxygens (including phenoxy) is 1. The highest BCUT2D eigenvalue weighted by Gasteiger charge is 2.59.